The number of imidazole rings is 1. The summed E-state index contributed by atoms with van der Waals surface area (Å²) < 4.78 is 0. The summed E-state index contributed by atoms with van der Waals surface area (Å²) in [5, 5.41) is 18.3. The van der Waals surface area contributed by atoms with E-state index in [1.807, 2.05) is 18.2 Å². The summed E-state index contributed by atoms with van der Waals surface area (Å²) in [5.74, 6) is 0.915. The fourth-order valence-electron chi connectivity index (χ4n) is 3.15. The minimum atomic E-state index is -0.573. The number of nitro groups is 1. The SMILES string of the molecule is Nc1nc(NCCNc2nc(-c3ccc(Cl)cc3Cl)ccc2-c2cnc[nH]2)ccc1[N+](=O)[O-]. The van der Waals surface area contributed by atoms with Gasteiger partial charge in [0.1, 0.15) is 11.6 Å². The molecule has 0 unspecified atom stereocenters. The lowest BCUT2D eigenvalue weighted by Crippen LogP contribution is -2.16. The van der Waals surface area contributed by atoms with Gasteiger partial charge in [-0.3, -0.25) is 10.1 Å². The number of pyridine rings is 2. The first-order valence-electron chi connectivity index (χ1n) is 9.76. The number of hydrogen-bond donors (Lipinski definition) is 4. The smallest absolute Gasteiger partial charge is 0.311 e. The van der Waals surface area contributed by atoms with Crippen LogP contribution in [-0.2, 0) is 0 Å². The lowest BCUT2D eigenvalue weighted by molar-refractivity contribution is -0.384. The number of nitrogens with zero attached hydrogens (tertiary/aromatic N) is 4. The second-order valence-electron chi connectivity index (χ2n) is 6.89. The predicted octanol–water partition coefficient (Wildman–Crippen LogP) is 4.85. The van der Waals surface area contributed by atoms with Gasteiger partial charge in [0.15, 0.2) is 0 Å². The third-order valence-corrected chi connectivity index (χ3v) is 5.26. The largest absolute Gasteiger partial charge is 0.378 e. The number of hydrogen-bond acceptors (Lipinski definition) is 8. The van der Waals surface area contributed by atoms with E-state index in [4.69, 9.17) is 33.9 Å². The van der Waals surface area contributed by atoms with Gasteiger partial charge < -0.3 is 21.4 Å². The van der Waals surface area contributed by atoms with Gasteiger partial charge in [-0.1, -0.05) is 23.2 Å². The lowest BCUT2D eigenvalue weighted by atomic mass is 10.1. The van der Waals surface area contributed by atoms with Gasteiger partial charge in [0, 0.05) is 35.3 Å². The van der Waals surface area contributed by atoms with E-state index in [1.54, 1.807) is 24.7 Å². The molecule has 4 aromatic rings. The minimum Gasteiger partial charge on any atom is -0.378 e. The second-order valence-corrected chi connectivity index (χ2v) is 7.74. The monoisotopic (exact) mass is 484 g/mol. The van der Waals surface area contributed by atoms with Gasteiger partial charge >= 0.3 is 5.69 Å². The van der Waals surface area contributed by atoms with Gasteiger partial charge in [-0.25, -0.2) is 15.0 Å². The van der Waals surface area contributed by atoms with Gasteiger partial charge in [-0.15, -0.1) is 0 Å². The van der Waals surface area contributed by atoms with Crippen molar-refractivity contribution in [2.75, 3.05) is 29.5 Å². The number of anilines is 3. The van der Waals surface area contributed by atoms with Crippen molar-refractivity contribution >= 4 is 46.3 Å². The summed E-state index contributed by atoms with van der Waals surface area (Å²) in [6, 6.07) is 11.9. The Balaban J connectivity index is 1.51. The van der Waals surface area contributed by atoms with Crippen molar-refractivity contribution in [1.29, 1.82) is 0 Å². The molecule has 5 N–H and O–H groups in total. The Morgan fingerprint density at radius 3 is 2.52 bits per heavy atom. The summed E-state index contributed by atoms with van der Waals surface area (Å²) in [4.78, 5) is 26.2. The molecule has 0 spiro atoms. The molecule has 3 aromatic heterocycles. The molecule has 0 fully saturated rings. The minimum absolute atomic E-state index is 0.145. The summed E-state index contributed by atoms with van der Waals surface area (Å²) in [6.45, 7) is 0.935. The highest BCUT2D eigenvalue weighted by molar-refractivity contribution is 6.36. The number of aromatic nitrogens is 4. The van der Waals surface area contributed by atoms with Crippen LogP contribution in [0.4, 0.5) is 23.1 Å². The molecule has 0 aliphatic carbocycles. The molecular formula is C21H18Cl2N8O2. The highest BCUT2D eigenvalue weighted by Crippen LogP contribution is 2.33. The molecule has 168 valence electrons. The third-order valence-electron chi connectivity index (χ3n) is 4.71. The molecule has 0 bridgehead atoms. The number of nitrogens with one attached hydrogen (secondary N) is 3. The molecule has 1 aromatic carbocycles. The van der Waals surface area contributed by atoms with Crippen molar-refractivity contribution in [2.45, 2.75) is 0 Å². The zero-order valence-electron chi connectivity index (χ0n) is 17.0. The number of aromatic amines is 1. The maximum absolute atomic E-state index is 10.9. The van der Waals surface area contributed by atoms with Crippen LogP contribution in [0, 0.1) is 10.1 Å². The molecule has 4 rings (SSSR count). The number of halogens is 2. The summed E-state index contributed by atoms with van der Waals surface area (Å²) in [6.07, 6.45) is 3.30. The van der Waals surface area contributed by atoms with E-state index in [-0.39, 0.29) is 11.5 Å². The third kappa shape index (κ3) is 5.13. The molecule has 0 radical (unpaired) electrons. The second kappa shape index (κ2) is 9.72. The van der Waals surface area contributed by atoms with E-state index in [2.05, 4.69) is 25.6 Å². The van der Waals surface area contributed by atoms with E-state index in [1.165, 1.54) is 12.1 Å². The van der Waals surface area contributed by atoms with E-state index in [9.17, 15) is 10.1 Å². The standard InChI is InChI=1S/C21H18Cl2N8O2/c22-12-1-2-13(15(23)9-12)16-4-3-14(17-10-25-11-28-17)21(29-16)27-8-7-26-19-6-5-18(31(32)33)20(24)30-19/h1-6,9-11H,7-8H2,(H,25,28)(H,27,29)(H3,24,26,30). The normalized spacial score (nSPS) is 10.7. The number of H-pyrrole nitrogens is 1. The lowest BCUT2D eigenvalue weighted by Gasteiger charge is -2.14. The van der Waals surface area contributed by atoms with Gasteiger partial charge in [0.2, 0.25) is 5.82 Å². The number of benzene rings is 1. The first-order chi connectivity index (χ1) is 15.9. The van der Waals surface area contributed by atoms with E-state index >= 15 is 0 Å². The fraction of sp³-hybridized carbons (Fsp3) is 0.0952. The molecule has 12 heteroatoms. The Hall–Kier alpha value is -3.89. The van der Waals surface area contributed by atoms with Crippen molar-refractivity contribution in [3.63, 3.8) is 0 Å². The Morgan fingerprint density at radius 2 is 1.82 bits per heavy atom. The Bertz CT molecular complexity index is 1300. The van der Waals surface area contributed by atoms with E-state index in [0.717, 1.165) is 16.8 Å². The van der Waals surface area contributed by atoms with Gasteiger partial charge in [-0.2, -0.15) is 0 Å². The molecule has 33 heavy (non-hydrogen) atoms. The van der Waals surface area contributed by atoms with Crippen LogP contribution in [0.15, 0.2) is 55.0 Å². The molecule has 0 aliphatic heterocycles. The number of rotatable bonds is 8. The molecule has 3 heterocycles. The van der Waals surface area contributed by atoms with Crippen LogP contribution in [0.5, 0.6) is 0 Å². The van der Waals surface area contributed by atoms with Gasteiger partial charge in [0.25, 0.3) is 0 Å². The molecule has 10 nitrogen and oxygen atoms in total. The summed E-state index contributed by atoms with van der Waals surface area (Å²) in [5.41, 5.74) is 8.48. The predicted molar refractivity (Wildman–Crippen MR) is 130 cm³/mol. The number of nitrogens with two attached hydrogens (primary N) is 1. The van der Waals surface area contributed by atoms with Crippen LogP contribution >= 0.6 is 23.2 Å². The Morgan fingerprint density at radius 1 is 1.03 bits per heavy atom. The van der Waals surface area contributed by atoms with Crippen LogP contribution in [0.25, 0.3) is 22.5 Å². The van der Waals surface area contributed by atoms with Crippen LogP contribution in [0.3, 0.4) is 0 Å². The zero-order valence-corrected chi connectivity index (χ0v) is 18.6. The highest BCUT2D eigenvalue weighted by Gasteiger charge is 2.14. The topological polar surface area (TPSA) is 148 Å². The van der Waals surface area contributed by atoms with E-state index in [0.29, 0.717) is 40.5 Å². The van der Waals surface area contributed by atoms with Crippen LogP contribution in [0.2, 0.25) is 10.0 Å². The molecule has 0 atom stereocenters. The molecular weight excluding hydrogens is 467 g/mol. The Labute approximate surface area is 198 Å². The van der Waals surface area contributed by atoms with Gasteiger partial charge in [-0.05, 0) is 36.4 Å². The maximum atomic E-state index is 10.9. The maximum Gasteiger partial charge on any atom is 0.311 e. The van der Waals surface area contributed by atoms with Crippen LogP contribution in [-0.4, -0.2) is 37.9 Å². The zero-order chi connectivity index (χ0) is 23.4. The summed E-state index contributed by atoms with van der Waals surface area (Å²) in [7, 11) is 0. The Kier molecular flexibility index (Phi) is 6.57. The van der Waals surface area contributed by atoms with Crippen LogP contribution in [0.1, 0.15) is 0 Å². The van der Waals surface area contributed by atoms with E-state index < -0.39 is 4.92 Å². The average molecular weight is 485 g/mol. The van der Waals surface area contributed by atoms with Crippen molar-refractivity contribution in [3.8, 4) is 22.5 Å². The van der Waals surface area contributed by atoms with Crippen molar-refractivity contribution in [2.24, 2.45) is 0 Å². The highest BCUT2D eigenvalue weighted by atomic mass is 35.5. The van der Waals surface area contributed by atoms with Crippen molar-refractivity contribution in [1.82, 2.24) is 19.9 Å². The van der Waals surface area contributed by atoms with Crippen LogP contribution < -0.4 is 16.4 Å². The summed E-state index contributed by atoms with van der Waals surface area (Å²) >= 11 is 12.4. The first kappa shape index (κ1) is 22.3. The molecule has 0 amide bonds. The van der Waals surface area contributed by atoms with Crippen molar-refractivity contribution < 1.29 is 4.92 Å². The molecule has 0 saturated carbocycles. The molecule has 0 aliphatic rings. The molecule has 0 saturated heterocycles. The fourth-order valence-corrected chi connectivity index (χ4v) is 3.66. The quantitative estimate of drug-likeness (QED) is 0.157. The first-order valence-corrected chi connectivity index (χ1v) is 10.5. The van der Waals surface area contributed by atoms with Crippen molar-refractivity contribution in [3.05, 3.63) is 75.1 Å². The van der Waals surface area contributed by atoms with Gasteiger partial charge in [0.05, 0.1) is 33.9 Å². The number of nitrogen functional groups attached to an aromatic ring is 1. The average Bonchev–Trinajstić information content (AvgIpc) is 3.31.